The Balaban J connectivity index is 2.80. The Labute approximate surface area is 98.3 Å². The molecule has 0 aliphatic carbocycles. The summed E-state index contributed by atoms with van der Waals surface area (Å²) >= 11 is 0. The minimum absolute atomic E-state index is 0.210. The fourth-order valence-electron chi connectivity index (χ4n) is 1.96. The van der Waals surface area contributed by atoms with Crippen LogP contribution in [0.25, 0.3) is 10.8 Å². The average Bonchev–Trinajstić information content (AvgIpc) is 2.36. The van der Waals surface area contributed by atoms with Crippen molar-refractivity contribution in [3.8, 4) is 0 Å². The summed E-state index contributed by atoms with van der Waals surface area (Å²) in [7, 11) is 0. The lowest BCUT2D eigenvalue weighted by Crippen LogP contribution is -2.15. The lowest BCUT2D eigenvalue weighted by atomic mass is 9.95. The lowest BCUT2D eigenvalue weighted by molar-refractivity contribution is 0.0699. The Morgan fingerprint density at radius 1 is 1.24 bits per heavy atom. The molecule has 0 amide bonds. The molecule has 2 aromatic carbocycles. The average molecular weight is 231 g/mol. The number of aliphatic hydroxyl groups excluding tert-OH is 1. The van der Waals surface area contributed by atoms with Gasteiger partial charge in [0.2, 0.25) is 0 Å². The Hall–Kier alpha value is -1.91. The number of aromatic carboxylic acids is 1. The molecule has 0 aromatic heterocycles. The second-order valence-corrected chi connectivity index (χ2v) is 3.85. The fourth-order valence-corrected chi connectivity index (χ4v) is 1.96. The highest BCUT2D eigenvalue weighted by molar-refractivity contribution is 6.05. The van der Waals surface area contributed by atoms with Gasteiger partial charge in [0, 0.05) is 5.39 Å². The third kappa shape index (κ3) is 2.00. The van der Waals surface area contributed by atoms with Crippen molar-refractivity contribution < 1.29 is 15.0 Å². The van der Waals surface area contributed by atoms with Gasteiger partial charge in [-0.3, -0.25) is 0 Å². The molecule has 0 heterocycles. The molecule has 17 heavy (non-hydrogen) atoms. The molecular formula is C13H13NO3. The van der Waals surface area contributed by atoms with Crippen LogP contribution >= 0.6 is 0 Å². The van der Waals surface area contributed by atoms with E-state index in [1.807, 2.05) is 12.1 Å². The minimum Gasteiger partial charge on any atom is -0.478 e. The first-order valence-electron chi connectivity index (χ1n) is 5.26. The number of carboxylic acids is 1. The van der Waals surface area contributed by atoms with Gasteiger partial charge in [-0.2, -0.15) is 0 Å². The largest absolute Gasteiger partial charge is 0.478 e. The standard InChI is InChI=1S/C13H13NO3/c14-11(7-15)9-5-1-3-8-4-2-6-10(12(8)9)13(16)17/h1-6,11,15H,7,14H2,(H,16,17)/t11-/m0/s1. The molecule has 0 fully saturated rings. The predicted octanol–water partition coefficient (Wildman–Crippen LogP) is 1.53. The van der Waals surface area contributed by atoms with Gasteiger partial charge in [0.05, 0.1) is 18.2 Å². The SMILES string of the molecule is N[C@@H](CO)c1cccc2cccc(C(=O)O)c12. The molecule has 4 heteroatoms. The van der Waals surface area contributed by atoms with Crippen molar-refractivity contribution in [1.82, 2.24) is 0 Å². The predicted molar refractivity (Wildman–Crippen MR) is 64.9 cm³/mol. The number of rotatable bonds is 3. The molecule has 0 bridgehead atoms. The summed E-state index contributed by atoms with van der Waals surface area (Å²) in [5.41, 5.74) is 6.65. The molecule has 0 saturated heterocycles. The van der Waals surface area contributed by atoms with Crippen molar-refractivity contribution in [2.45, 2.75) is 6.04 Å². The molecule has 1 atom stereocenters. The van der Waals surface area contributed by atoms with E-state index in [2.05, 4.69) is 0 Å². The van der Waals surface area contributed by atoms with E-state index in [0.717, 1.165) is 5.39 Å². The lowest BCUT2D eigenvalue weighted by Gasteiger charge is -2.13. The van der Waals surface area contributed by atoms with Crippen LogP contribution in [0.3, 0.4) is 0 Å². The van der Waals surface area contributed by atoms with E-state index in [4.69, 9.17) is 15.9 Å². The van der Waals surface area contributed by atoms with Crippen LogP contribution in [0.5, 0.6) is 0 Å². The van der Waals surface area contributed by atoms with E-state index in [-0.39, 0.29) is 12.2 Å². The molecular weight excluding hydrogens is 218 g/mol. The number of nitrogens with two attached hydrogens (primary N) is 1. The first kappa shape index (κ1) is 11.6. The molecule has 0 radical (unpaired) electrons. The van der Waals surface area contributed by atoms with E-state index >= 15 is 0 Å². The summed E-state index contributed by atoms with van der Waals surface area (Å²) < 4.78 is 0. The van der Waals surface area contributed by atoms with E-state index < -0.39 is 12.0 Å². The highest BCUT2D eigenvalue weighted by Crippen LogP contribution is 2.26. The van der Waals surface area contributed by atoms with Gasteiger partial charge < -0.3 is 15.9 Å². The second-order valence-electron chi connectivity index (χ2n) is 3.85. The highest BCUT2D eigenvalue weighted by Gasteiger charge is 2.15. The Morgan fingerprint density at radius 3 is 2.47 bits per heavy atom. The normalized spacial score (nSPS) is 12.6. The maximum atomic E-state index is 11.2. The zero-order chi connectivity index (χ0) is 12.4. The van der Waals surface area contributed by atoms with Crippen LogP contribution < -0.4 is 5.73 Å². The van der Waals surface area contributed by atoms with Crippen molar-refractivity contribution >= 4 is 16.7 Å². The maximum absolute atomic E-state index is 11.2. The summed E-state index contributed by atoms with van der Waals surface area (Å²) in [5.74, 6) is -0.992. The molecule has 2 rings (SSSR count). The molecule has 88 valence electrons. The van der Waals surface area contributed by atoms with Gasteiger partial charge in [0.1, 0.15) is 0 Å². The monoisotopic (exact) mass is 231 g/mol. The highest BCUT2D eigenvalue weighted by atomic mass is 16.4. The van der Waals surface area contributed by atoms with Gasteiger partial charge in [0.15, 0.2) is 0 Å². The summed E-state index contributed by atoms with van der Waals surface area (Å²) in [6, 6.07) is 9.87. The molecule has 2 aromatic rings. The quantitative estimate of drug-likeness (QED) is 0.748. The zero-order valence-electron chi connectivity index (χ0n) is 9.13. The van der Waals surface area contributed by atoms with Crippen molar-refractivity contribution in [3.05, 3.63) is 47.5 Å². The summed E-state index contributed by atoms with van der Waals surface area (Å²) in [5, 5.41) is 19.7. The molecule has 0 unspecified atom stereocenters. The van der Waals surface area contributed by atoms with Crippen LogP contribution in [-0.4, -0.2) is 22.8 Å². The molecule has 0 saturated carbocycles. The van der Waals surface area contributed by atoms with E-state index in [1.54, 1.807) is 18.2 Å². The first-order chi connectivity index (χ1) is 8.15. The maximum Gasteiger partial charge on any atom is 0.336 e. The van der Waals surface area contributed by atoms with Crippen molar-refractivity contribution in [2.75, 3.05) is 6.61 Å². The molecule has 4 N–H and O–H groups in total. The number of hydrogen-bond donors (Lipinski definition) is 3. The number of fused-ring (bicyclic) bond motifs is 1. The van der Waals surface area contributed by atoms with E-state index in [9.17, 15) is 4.79 Å². The number of aliphatic hydroxyl groups is 1. The van der Waals surface area contributed by atoms with Gasteiger partial charge in [-0.1, -0.05) is 30.3 Å². The van der Waals surface area contributed by atoms with Crippen molar-refractivity contribution in [3.63, 3.8) is 0 Å². The van der Waals surface area contributed by atoms with E-state index in [0.29, 0.717) is 10.9 Å². The summed E-state index contributed by atoms with van der Waals surface area (Å²) in [6.45, 7) is -0.215. The topological polar surface area (TPSA) is 83.5 Å². The molecule has 0 aliphatic heterocycles. The number of benzene rings is 2. The third-order valence-electron chi connectivity index (χ3n) is 2.76. The Morgan fingerprint density at radius 2 is 1.88 bits per heavy atom. The van der Waals surface area contributed by atoms with Gasteiger partial charge in [-0.15, -0.1) is 0 Å². The van der Waals surface area contributed by atoms with Crippen LogP contribution in [0.1, 0.15) is 22.0 Å². The summed E-state index contributed by atoms with van der Waals surface area (Å²) in [4.78, 5) is 11.2. The number of carboxylic acid groups (broad SMARTS) is 1. The third-order valence-corrected chi connectivity index (χ3v) is 2.76. The molecule has 0 aliphatic rings. The van der Waals surface area contributed by atoms with Crippen LogP contribution in [0.4, 0.5) is 0 Å². The Bertz CT molecular complexity index is 560. The van der Waals surface area contributed by atoms with Gasteiger partial charge in [-0.05, 0) is 17.0 Å². The van der Waals surface area contributed by atoms with Gasteiger partial charge in [0.25, 0.3) is 0 Å². The van der Waals surface area contributed by atoms with E-state index in [1.165, 1.54) is 6.07 Å². The minimum atomic E-state index is -0.992. The van der Waals surface area contributed by atoms with Gasteiger partial charge >= 0.3 is 5.97 Å². The fraction of sp³-hybridized carbons (Fsp3) is 0.154. The van der Waals surface area contributed by atoms with Crippen LogP contribution in [0.15, 0.2) is 36.4 Å². The smallest absolute Gasteiger partial charge is 0.336 e. The van der Waals surface area contributed by atoms with Gasteiger partial charge in [-0.25, -0.2) is 4.79 Å². The summed E-state index contributed by atoms with van der Waals surface area (Å²) in [6.07, 6.45) is 0. The Kier molecular flexibility index (Phi) is 3.08. The van der Waals surface area contributed by atoms with Crippen LogP contribution in [0, 0.1) is 0 Å². The zero-order valence-corrected chi connectivity index (χ0v) is 9.13. The van der Waals surface area contributed by atoms with Crippen molar-refractivity contribution in [1.29, 1.82) is 0 Å². The first-order valence-corrected chi connectivity index (χ1v) is 5.26. The van der Waals surface area contributed by atoms with Crippen LogP contribution in [0.2, 0.25) is 0 Å². The molecule has 0 spiro atoms. The van der Waals surface area contributed by atoms with Crippen molar-refractivity contribution in [2.24, 2.45) is 5.73 Å². The molecule has 4 nitrogen and oxygen atoms in total. The second kappa shape index (κ2) is 4.53. The van der Waals surface area contributed by atoms with Crippen LogP contribution in [-0.2, 0) is 0 Å². The number of carbonyl (C=O) groups is 1. The number of hydrogen-bond acceptors (Lipinski definition) is 3.